The maximum absolute atomic E-state index is 13.3. The molecule has 2 heteroatoms. The van der Waals surface area contributed by atoms with Crippen LogP contribution in [-0.2, 0) is 6.42 Å². The summed E-state index contributed by atoms with van der Waals surface area (Å²) in [5.74, 6) is -0.0584. The zero-order valence-electron chi connectivity index (χ0n) is 14.0. The van der Waals surface area contributed by atoms with E-state index in [-0.39, 0.29) is 0 Å². The molecule has 0 amide bonds. The lowest BCUT2D eigenvalue weighted by Crippen LogP contribution is -2.13. The lowest BCUT2D eigenvalue weighted by atomic mass is 9.79. The molecule has 2 aromatic rings. The van der Waals surface area contributed by atoms with Crippen LogP contribution >= 0.6 is 0 Å². The molecule has 0 aliphatic heterocycles. The zero-order valence-corrected chi connectivity index (χ0v) is 14.0. The second-order valence-electron chi connectivity index (χ2n) is 6.88. The molecule has 0 atom stereocenters. The molecule has 1 aliphatic rings. The predicted molar refractivity (Wildman–Crippen MR) is 95.8 cm³/mol. The number of aryl methyl sites for hydroxylation is 1. The Kier molecular flexibility index (Phi) is 5.44. The monoisotopic (exact) mass is 326 g/mol. The summed E-state index contributed by atoms with van der Waals surface area (Å²) in [6.45, 7) is 3.90. The van der Waals surface area contributed by atoms with E-state index in [1.54, 1.807) is 6.07 Å². The van der Waals surface area contributed by atoms with Gasteiger partial charge < -0.3 is 0 Å². The molecule has 0 nitrogen and oxygen atoms in total. The Bertz CT molecular complexity index is 680. The van der Waals surface area contributed by atoms with Gasteiger partial charge in [0, 0.05) is 0 Å². The highest BCUT2D eigenvalue weighted by atomic mass is 19.2. The molecule has 0 unspecified atom stereocenters. The average molecular weight is 326 g/mol. The first-order valence-electron chi connectivity index (χ1n) is 8.82. The summed E-state index contributed by atoms with van der Waals surface area (Å²) in [4.78, 5) is 0. The molecule has 0 saturated heterocycles. The van der Waals surface area contributed by atoms with E-state index in [0.717, 1.165) is 23.8 Å². The molecule has 0 radical (unpaired) electrons. The number of hydrogen-bond donors (Lipinski definition) is 0. The molecule has 24 heavy (non-hydrogen) atoms. The van der Waals surface area contributed by atoms with Crippen LogP contribution in [0.4, 0.5) is 8.78 Å². The van der Waals surface area contributed by atoms with Crippen molar-refractivity contribution in [1.82, 2.24) is 0 Å². The minimum Gasteiger partial charge on any atom is -0.204 e. The maximum Gasteiger partial charge on any atom is 0.159 e. The number of hydrogen-bond acceptors (Lipinski definition) is 0. The van der Waals surface area contributed by atoms with Crippen molar-refractivity contribution < 1.29 is 8.78 Å². The molecule has 126 valence electrons. The van der Waals surface area contributed by atoms with Crippen molar-refractivity contribution in [2.45, 2.75) is 38.5 Å². The van der Waals surface area contributed by atoms with Gasteiger partial charge in [-0.05, 0) is 79.2 Å². The molecule has 3 rings (SSSR count). The summed E-state index contributed by atoms with van der Waals surface area (Å²) >= 11 is 0. The standard InChI is InChI=1S/C22H24F2/c1-2-16-3-5-17(6-4-16)7-8-18-9-11-19(12-10-18)20-13-14-21(23)22(24)15-20/h2,9-17H,1,3-8H2. The molecule has 0 aromatic heterocycles. The first kappa shape index (κ1) is 16.9. The fourth-order valence-electron chi connectivity index (χ4n) is 3.62. The molecule has 0 bridgehead atoms. The van der Waals surface area contributed by atoms with Gasteiger partial charge in [-0.15, -0.1) is 6.58 Å². The molecule has 0 spiro atoms. The van der Waals surface area contributed by atoms with E-state index in [9.17, 15) is 8.78 Å². The summed E-state index contributed by atoms with van der Waals surface area (Å²) in [5, 5.41) is 0. The van der Waals surface area contributed by atoms with Crippen LogP contribution in [0.15, 0.2) is 55.1 Å². The number of rotatable bonds is 5. The molecule has 0 N–H and O–H groups in total. The lowest BCUT2D eigenvalue weighted by molar-refractivity contribution is 0.296. The van der Waals surface area contributed by atoms with Crippen molar-refractivity contribution in [1.29, 1.82) is 0 Å². The third-order valence-electron chi connectivity index (χ3n) is 5.27. The van der Waals surface area contributed by atoms with Gasteiger partial charge in [-0.3, -0.25) is 0 Å². The van der Waals surface area contributed by atoms with E-state index in [1.807, 2.05) is 12.1 Å². The van der Waals surface area contributed by atoms with Crippen LogP contribution in [0.2, 0.25) is 0 Å². The Morgan fingerprint density at radius 2 is 1.54 bits per heavy atom. The summed E-state index contributed by atoms with van der Waals surface area (Å²) in [5.41, 5.74) is 2.94. The Labute approximate surface area is 143 Å². The average Bonchev–Trinajstić information content (AvgIpc) is 2.63. The number of benzene rings is 2. The van der Waals surface area contributed by atoms with E-state index < -0.39 is 11.6 Å². The SMILES string of the molecule is C=CC1CCC(CCc2ccc(-c3ccc(F)c(F)c3)cc2)CC1. The second-order valence-corrected chi connectivity index (χ2v) is 6.88. The van der Waals surface area contributed by atoms with E-state index >= 15 is 0 Å². The van der Waals surface area contributed by atoms with Gasteiger partial charge in [-0.25, -0.2) is 8.78 Å². The third kappa shape index (κ3) is 4.11. The number of allylic oxidation sites excluding steroid dienone is 1. The molecule has 0 heterocycles. The quantitative estimate of drug-likeness (QED) is 0.546. The third-order valence-corrected chi connectivity index (χ3v) is 5.27. The minimum absolute atomic E-state index is 0.711. The normalized spacial score (nSPS) is 20.8. The van der Waals surface area contributed by atoms with E-state index in [2.05, 4.69) is 24.8 Å². The van der Waals surface area contributed by atoms with Crippen molar-refractivity contribution in [3.05, 3.63) is 72.3 Å². The van der Waals surface area contributed by atoms with Crippen molar-refractivity contribution in [2.75, 3.05) is 0 Å². The Morgan fingerprint density at radius 3 is 2.17 bits per heavy atom. The summed E-state index contributed by atoms with van der Waals surface area (Å²) in [6, 6.07) is 12.2. The van der Waals surface area contributed by atoms with Crippen molar-refractivity contribution in [3.8, 4) is 11.1 Å². The van der Waals surface area contributed by atoms with Crippen LogP contribution in [0.1, 0.15) is 37.7 Å². The molecular formula is C22H24F2. The van der Waals surface area contributed by atoms with Crippen LogP contribution < -0.4 is 0 Å². The Balaban J connectivity index is 1.57. The Hall–Kier alpha value is -1.96. The molecular weight excluding hydrogens is 302 g/mol. The van der Waals surface area contributed by atoms with Gasteiger partial charge in [0.05, 0.1) is 0 Å². The van der Waals surface area contributed by atoms with Gasteiger partial charge in [0.25, 0.3) is 0 Å². The topological polar surface area (TPSA) is 0 Å². The summed E-state index contributed by atoms with van der Waals surface area (Å²) in [7, 11) is 0. The molecule has 1 saturated carbocycles. The second kappa shape index (κ2) is 7.74. The van der Waals surface area contributed by atoms with Crippen molar-refractivity contribution in [2.24, 2.45) is 11.8 Å². The minimum atomic E-state index is -0.804. The first-order chi connectivity index (χ1) is 11.7. The fourth-order valence-corrected chi connectivity index (χ4v) is 3.62. The Morgan fingerprint density at radius 1 is 0.875 bits per heavy atom. The highest BCUT2D eigenvalue weighted by Gasteiger charge is 2.18. The van der Waals surface area contributed by atoms with Gasteiger partial charge in [0.1, 0.15) is 0 Å². The predicted octanol–water partition coefficient (Wildman–Crippen LogP) is 6.56. The van der Waals surface area contributed by atoms with Crippen LogP contribution in [0.25, 0.3) is 11.1 Å². The van der Waals surface area contributed by atoms with E-state index in [1.165, 1.54) is 49.8 Å². The zero-order chi connectivity index (χ0) is 16.9. The molecule has 1 aliphatic carbocycles. The highest BCUT2D eigenvalue weighted by molar-refractivity contribution is 5.63. The first-order valence-corrected chi connectivity index (χ1v) is 8.82. The highest BCUT2D eigenvalue weighted by Crippen LogP contribution is 2.32. The van der Waals surface area contributed by atoms with E-state index in [0.29, 0.717) is 5.56 Å². The van der Waals surface area contributed by atoms with Gasteiger partial charge in [-0.1, -0.05) is 36.4 Å². The largest absolute Gasteiger partial charge is 0.204 e. The fraction of sp³-hybridized carbons (Fsp3) is 0.364. The van der Waals surface area contributed by atoms with Gasteiger partial charge >= 0.3 is 0 Å². The van der Waals surface area contributed by atoms with Crippen LogP contribution in [0.3, 0.4) is 0 Å². The van der Waals surface area contributed by atoms with Crippen molar-refractivity contribution in [3.63, 3.8) is 0 Å². The molecule has 1 fully saturated rings. The molecule has 2 aromatic carbocycles. The van der Waals surface area contributed by atoms with E-state index in [4.69, 9.17) is 0 Å². The smallest absolute Gasteiger partial charge is 0.159 e. The summed E-state index contributed by atoms with van der Waals surface area (Å²) < 4.78 is 26.4. The van der Waals surface area contributed by atoms with Gasteiger partial charge in [0.2, 0.25) is 0 Å². The maximum atomic E-state index is 13.3. The van der Waals surface area contributed by atoms with Crippen LogP contribution in [-0.4, -0.2) is 0 Å². The number of halogens is 2. The lowest BCUT2D eigenvalue weighted by Gasteiger charge is -2.26. The van der Waals surface area contributed by atoms with Crippen molar-refractivity contribution >= 4 is 0 Å². The van der Waals surface area contributed by atoms with Crippen LogP contribution in [0, 0.1) is 23.5 Å². The summed E-state index contributed by atoms with van der Waals surface area (Å²) in [6.07, 6.45) is 9.60. The van der Waals surface area contributed by atoms with Crippen LogP contribution in [0.5, 0.6) is 0 Å². The van der Waals surface area contributed by atoms with Gasteiger partial charge in [0.15, 0.2) is 11.6 Å². The van der Waals surface area contributed by atoms with Gasteiger partial charge in [-0.2, -0.15) is 0 Å².